The first-order chi connectivity index (χ1) is 9.19. The number of carbonyl (C=O) groups is 1. The van der Waals surface area contributed by atoms with Crippen LogP contribution in [0.25, 0.3) is 0 Å². The minimum absolute atomic E-state index is 0.169. The first-order valence-electron chi connectivity index (χ1n) is 5.65. The molecule has 3 N–H and O–H groups in total. The van der Waals surface area contributed by atoms with Crippen molar-refractivity contribution in [3.63, 3.8) is 0 Å². The first-order valence-corrected chi connectivity index (χ1v) is 5.65. The molecule has 0 saturated heterocycles. The summed E-state index contributed by atoms with van der Waals surface area (Å²) in [4.78, 5) is 10.7. The Morgan fingerprint density at radius 2 is 1.85 bits per heavy atom. The number of amides is 1. The quantitative estimate of drug-likeness (QED) is 0.760. The highest BCUT2D eigenvalue weighted by molar-refractivity contribution is 5.72. The fraction of sp³-hybridized carbons (Fsp3) is 0.417. The van der Waals surface area contributed by atoms with E-state index in [9.17, 15) is 28.2 Å². The van der Waals surface area contributed by atoms with E-state index in [2.05, 4.69) is 10.1 Å². The standard InChI is InChI=1S/C12H14F3NO4/c1-7(17)16-6-10(18)11(19)8-2-4-9(5-3-8)20-12(13,14)15/h2-5,10-11,18-19H,6H2,1H3,(H,16,17). The number of hydrogen-bond acceptors (Lipinski definition) is 4. The predicted octanol–water partition coefficient (Wildman–Crippen LogP) is 1.12. The predicted molar refractivity (Wildman–Crippen MR) is 62.8 cm³/mol. The lowest BCUT2D eigenvalue weighted by atomic mass is 10.0. The van der Waals surface area contributed by atoms with E-state index >= 15 is 0 Å². The van der Waals surface area contributed by atoms with Gasteiger partial charge in [-0.1, -0.05) is 12.1 Å². The Morgan fingerprint density at radius 3 is 2.30 bits per heavy atom. The Balaban J connectivity index is 2.65. The second-order valence-corrected chi connectivity index (χ2v) is 4.07. The summed E-state index contributed by atoms with van der Waals surface area (Å²) in [7, 11) is 0. The van der Waals surface area contributed by atoms with Crippen LogP contribution in [0.4, 0.5) is 13.2 Å². The van der Waals surface area contributed by atoms with E-state index in [4.69, 9.17) is 0 Å². The van der Waals surface area contributed by atoms with Crippen LogP contribution in [-0.4, -0.2) is 35.1 Å². The van der Waals surface area contributed by atoms with Crippen LogP contribution >= 0.6 is 0 Å². The van der Waals surface area contributed by atoms with Crippen LogP contribution in [0.1, 0.15) is 18.6 Å². The number of ether oxygens (including phenoxy) is 1. The second kappa shape index (κ2) is 6.58. The summed E-state index contributed by atoms with van der Waals surface area (Å²) in [5.41, 5.74) is 0.206. The van der Waals surface area contributed by atoms with Gasteiger partial charge in [0.2, 0.25) is 5.91 Å². The summed E-state index contributed by atoms with van der Waals surface area (Å²) in [6.45, 7) is 1.08. The van der Waals surface area contributed by atoms with Crippen LogP contribution in [-0.2, 0) is 4.79 Å². The van der Waals surface area contributed by atoms with Crippen molar-refractivity contribution in [2.24, 2.45) is 0 Å². The summed E-state index contributed by atoms with van der Waals surface area (Å²) >= 11 is 0. The third kappa shape index (κ3) is 5.45. The largest absolute Gasteiger partial charge is 0.573 e. The number of aliphatic hydroxyl groups is 2. The molecule has 8 heteroatoms. The number of benzene rings is 1. The molecule has 0 spiro atoms. The number of alkyl halides is 3. The summed E-state index contributed by atoms with van der Waals surface area (Å²) in [5, 5.41) is 21.7. The van der Waals surface area contributed by atoms with Gasteiger partial charge in [0.05, 0.1) is 0 Å². The number of nitrogens with one attached hydrogen (secondary N) is 1. The van der Waals surface area contributed by atoms with Gasteiger partial charge in [-0.05, 0) is 17.7 Å². The van der Waals surface area contributed by atoms with Crippen molar-refractivity contribution in [1.82, 2.24) is 5.32 Å². The van der Waals surface area contributed by atoms with Crippen molar-refractivity contribution in [3.8, 4) is 5.75 Å². The highest BCUT2D eigenvalue weighted by Crippen LogP contribution is 2.25. The second-order valence-electron chi connectivity index (χ2n) is 4.07. The van der Waals surface area contributed by atoms with E-state index in [1.165, 1.54) is 19.1 Å². The van der Waals surface area contributed by atoms with Gasteiger partial charge in [0.15, 0.2) is 0 Å². The zero-order valence-electron chi connectivity index (χ0n) is 10.5. The number of aliphatic hydroxyl groups excluding tert-OH is 2. The molecule has 0 aliphatic carbocycles. The monoisotopic (exact) mass is 293 g/mol. The van der Waals surface area contributed by atoms with Gasteiger partial charge >= 0.3 is 6.36 Å². The molecule has 1 aromatic carbocycles. The van der Waals surface area contributed by atoms with Crippen molar-refractivity contribution in [2.75, 3.05) is 6.54 Å². The van der Waals surface area contributed by atoms with E-state index in [-0.39, 0.29) is 18.0 Å². The maximum atomic E-state index is 12.0. The van der Waals surface area contributed by atoms with Gasteiger partial charge in [0, 0.05) is 13.5 Å². The van der Waals surface area contributed by atoms with Gasteiger partial charge in [0.25, 0.3) is 0 Å². The third-order valence-electron chi connectivity index (χ3n) is 2.38. The molecule has 0 aromatic heterocycles. The molecule has 2 unspecified atom stereocenters. The van der Waals surface area contributed by atoms with E-state index in [1.807, 2.05) is 0 Å². The lowest BCUT2D eigenvalue weighted by Crippen LogP contribution is -2.34. The van der Waals surface area contributed by atoms with Crippen LogP contribution < -0.4 is 10.1 Å². The van der Waals surface area contributed by atoms with Gasteiger partial charge < -0.3 is 20.3 Å². The molecular formula is C12H14F3NO4. The molecule has 0 fully saturated rings. The van der Waals surface area contributed by atoms with Crippen LogP contribution in [0.2, 0.25) is 0 Å². The zero-order chi connectivity index (χ0) is 15.3. The van der Waals surface area contributed by atoms with E-state index in [1.54, 1.807) is 0 Å². The molecule has 0 bridgehead atoms. The summed E-state index contributed by atoms with van der Waals surface area (Å²) in [6.07, 6.45) is -7.39. The SMILES string of the molecule is CC(=O)NCC(O)C(O)c1ccc(OC(F)(F)F)cc1. The number of hydrogen-bond donors (Lipinski definition) is 3. The van der Waals surface area contributed by atoms with Crippen molar-refractivity contribution in [3.05, 3.63) is 29.8 Å². The van der Waals surface area contributed by atoms with Crippen molar-refractivity contribution in [1.29, 1.82) is 0 Å². The molecule has 0 radical (unpaired) electrons. The lowest BCUT2D eigenvalue weighted by molar-refractivity contribution is -0.274. The van der Waals surface area contributed by atoms with E-state index in [0.29, 0.717) is 0 Å². The molecule has 2 atom stereocenters. The Labute approximate surface area is 113 Å². The van der Waals surface area contributed by atoms with Gasteiger partial charge in [0.1, 0.15) is 18.0 Å². The van der Waals surface area contributed by atoms with Crippen LogP contribution in [0.3, 0.4) is 0 Å². The maximum Gasteiger partial charge on any atom is 0.573 e. The van der Waals surface area contributed by atoms with Gasteiger partial charge in [-0.3, -0.25) is 4.79 Å². The van der Waals surface area contributed by atoms with Gasteiger partial charge in [-0.25, -0.2) is 0 Å². The average Bonchev–Trinajstić information content (AvgIpc) is 2.34. The Bertz CT molecular complexity index is 447. The molecule has 20 heavy (non-hydrogen) atoms. The van der Waals surface area contributed by atoms with Gasteiger partial charge in [-0.15, -0.1) is 13.2 Å². The molecule has 5 nitrogen and oxygen atoms in total. The minimum Gasteiger partial charge on any atom is -0.406 e. The molecule has 0 aliphatic rings. The number of halogens is 3. The molecule has 0 heterocycles. The Morgan fingerprint density at radius 1 is 1.30 bits per heavy atom. The lowest BCUT2D eigenvalue weighted by Gasteiger charge is -2.18. The molecule has 1 rings (SSSR count). The van der Waals surface area contributed by atoms with Crippen molar-refractivity contribution in [2.45, 2.75) is 25.5 Å². The summed E-state index contributed by atoms with van der Waals surface area (Å²) in [5.74, 6) is -0.796. The number of rotatable bonds is 5. The highest BCUT2D eigenvalue weighted by atomic mass is 19.4. The van der Waals surface area contributed by atoms with E-state index in [0.717, 1.165) is 12.1 Å². The molecular weight excluding hydrogens is 279 g/mol. The minimum atomic E-state index is -4.79. The molecule has 112 valence electrons. The summed E-state index contributed by atoms with van der Waals surface area (Å²) in [6, 6.07) is 4.44. The Hall–Kier alpha value is -1.80. The topological polar surface area (TPSA) is 78.8 Å². The smallest absolute Gasteiger partial charge is 0.406 e. The molecule has 1 amide bonds. The highest BCUT2D eigenvalue weighted by Gasteiger charge is 2.31. The van der Waals surface area contributed by atoms with Crippen LogP contribution in [0.5, 0.6) is 5.75 Å². The average molecular weight is 293 g/mol. The van der Waals surface area contributed by atoms with Crippen molar-refractivity contribution >= 4 is 5.91 Å². The fourth-order valence-corrected chi connectivity index (χ4v) is 1.45. The maximum absolute atomic E-state index is 12.0. The normalized spacial score (nSPS) is 14.5. The third-order valence-corrected chi connectivity index (χ3v) is 2.38. The first kappa shape index (κ1) is 16.3. The van der Waals surface area contributed by atoms with E-state index < -0.39 is 24.3 Å². The molecule has 0 saturated carbocycles. The fourth-order valence-electron chi connectivity index (χ4n) is 1.45. The number of carbonyl (C=O) groups excluding carboxylic acids is 1. The van der Waals surface area contributed by atoms with Gasteiger partial charge in [-0.2, -0.15) is 0 Å². The van der Waals surface area contributed by atoms with Crippen LogP contribution in [0.15, 0.2) is 24.3 Å². The molecule has 1 aromatic rings. The van der Waals surface area contributed by atoms with Crippen molar-refractivity contribution < 1.29 is 32.9 Å². The Kier molecular flexibility index (Phi) is 5.34. The summed E-state index contributed by atoms with van der Waals surface area (Å²) < 4.78 is 39.5. The van der Waals surface area contributed by atoms with Crippen LogP contribution in [0, 0.1) is 0 Å². The zero-order valence-corrected chi connectivity index (χ0v) is 10.5. The molecule has 0 aliphatic heterocycles.